The van der Waals surface area contributed by atoms with Crippen molar-refractivity contribution in [1.82, 2.24) is 10.2 Å². The average molecular weight is 265 g/mol. The van der Waals surface area contributed by atoms with Crippen molar-refractivity contribution in [2.75, 3.05) is 39.5 Å². The molecular formula is C14H23N3O2. The number of benzene rings is 1. The first-order chi connectivity index (χ1) is 9.04. The molecule has 0 unspecified atom stereocenters. The molecule has 0 spiro atoms. The summed E-state index contributed by atoms with van der Waals surface area (Å²) in [5.74, 6) is 0.516. The molecule has 1 rings (SSSR count). The van der Waals surface area contributed by atoms with E-state index in [1.165, 1.54) is 0 Å². The van der Waals surface area contributed by atoms with Gasteiger partial charge in [0.2, 0.25) is 0 Å². The van der Waals surface area contributed by atoms with Gasteiger partial charge in [-0.1, -0.05) is 6.92 Å². The minimum atomic E-state index is -0.115. The van der Waals surface area contributed by atoms with E-state index in [2.05, 4.69) is 5.32 Å². The molecule has 19 heavy (non-hydrogen) atoms. The van der Waals surface area contributed by atoms with Crippen LogP contribution in [0.4, 0.5) is 5.69 Å². The summed E-state index contributed by atoms with van der Waals surface area (Å²) in [6.07, 6.45) is 0.923. The fraction of sp³-hybridized carbons (Fsp3) is 0.500. The second kappa shape index (κ2) is 7.63. The van der Waals surface area contributed by atoms with Crippen LogP contribution in [0.15, 0.2) is 18.2 Å². The Balaban J connectivity index is 2.59. The number of nitrogens with one attached hydrogen (secondary N) is 1. The maximum Gasteiger partial charge on any atom is 0.251 e. The van der Waals surface area contributed by atoms with Crippen LogP contribution in [0.25, 0.3) is 0 Å². The van der Waals surface area contributed by atoms with Gasteiger partial charge in [-0.15, -0.1) is 0 Å². The third-order valence-corrected chi connectivity index (χ3v) is 2.58. The summed E-state index contributed by atoms with van der Waals surface area (Å²) in [5, 5.41) is 2.84. The Hall–Kier alpha value is -1.75. The summed E-state index contributed by atoms with van der Waals surface area (Å²) in [7, 11) is 3.92. The lowest BCUT2D eigenvalue weighted by Crippen LogP contribution is -2.31. The van der Waals surface area contributed by atoms with Gasteiger partial charge in [0.1, 0.15) is 5.75 Å². The van der Waals surface area contributed by atoms with E-state index in [0.29, 0.717) is 30.2 Å². The number of hydrogen-bond donors (Lipinski definition) is 2. The molecular weight excluding hydrogens is 242 g/mol. The van der Waals surface area contributed by atoms with Gasteiger partial charge in [-0.25, -0.2) is 0 Å². The second-order valence-corrected chi connectivity index (χ2v) is 4.66. The molecule has 0 radical (unpaired) electrons. The van der Waals surface area contributed by atoms with E-state index >= 15 is 0 Å². The molecule has 1 aromatic rings. The number of rotatable bonds is 7. The van der Waals surface area contributed by atoms with Crippen molar-refractivity contribution in [1.29, 1.82) is 0 Å². The van der Waals surface area contributed by atoms with Gasteiger partial charge in [0, 0.05) is 18.7 Å². The number of carbonyl (C=O) groups excluding carboxylic acids is 1. The standard InChI is InChI=1S/C14H23N3O2/c1-4-9-19-13-6-5-11(10-12(13)15)14(18)16-7-8-17(2)3/h5-6,10H,4,7-9,15H2,1-3H3,(H,16,18). The number of ether oxygens (including phenoxy) is 1. The zero-order valence-corrected chi connectivity index (χ0v) is 11.9. The number of hydrogen-bond acceptors (Lipinski definition) is 4. The van der Waals surface area contributed by atoms with Crippen molar-refractivity contribution < 1.29 is 9.53 Å². The minimum absolute atomic E-state index is 0.115. The van der Waals surface area contributed by atoms with Crippen molar-refractivity contribution in [3.05, 3.63) is 23.8 Å². The fourth-order valence-corrected chi connectivity index (χ4v) is 1.53. The van der Waals surface area contributed by atoms with Crippen LogP contribution in [0, 0.1) is 0 Å². The lowest BCUT2D eigenvalue weighted by atomic mass is 10.1. The Bertz CT molecular complexity index is 419. The Labute approximate surface area is 114 Å². The lowest BCUT2D eigenvalue weighted by molar-refractivity contribution is 0.0951. The zero-order chi connectivity index (χ0) is 14.3. The molecule has 106 valence electrons. The molecule has 3 N–H and O–H groups in total. The molecule has 1 amide bonds. The van der Waals surface area contributed by atoms with E-state index in [9.17, 15) is 4.79 Å². The van der Waals surface area contributed by atoms with Crippen LogP contribution in [0.3, 0.4) is 0 Å². The van der Waals surface area contributed by atoms with Gasteiger partial charge in [0.15, 0.2) is 0 Å². The molecule has 0 aliphatic heterocycles. The maximum absolute atomic E-state index is 11.9. The van der Waals surface area contributed by atoms with Crippen molar-refractivity contribution in [2.24, 2.45) is 0 Å². The van der Waals surface area contributed by atoms with Gasteiger partial charge in [-0.3, -0.25) is 4.79 Å². The van der Waals surface area contributed by atoms with E-state index < -0.39 is 0 Å². The summed E-state index contributed by atoms with van der Waals surface area (Å²) in [6.45, 7) is 4.07. The SMILES string of the molecule is CCCOc1ccc(C(=O)NCCN(C)C)cc1N. The minimum Gasteiger partial charge on any atom is -0.491 e. The smallest absolute Gasteiger partial charge is 0.251 e. The van der Waals surface area contributed by atoms with Crippen molar-refractivity contribution in [3.63, 3.8) is 0 Å². The van der Waals surface area contributed by atoms with Crippen LogP contribution in [-0.4, -0.2) is 44.6 Å². The van der Waals surface area contributed by atoms with Gasteiger partial charge < -0.3 is 20.7 Å². The fourth-order valence-electron chi connectivity index (χ4n) is 1.53. The summed E-state index contributed by atoms with van der Waals surface area (Å²) < 4.78 is 5.47. The summed E-state index contributed by atoms with van der Waals surface area (Å²) >= 11 is 0. The first kappa shape index (κ1) is 15.3. The van der Waals surface area contributed by atoms with E-state index in [0.717, 1.165) is 13.0 Å². The Morgan fingerprint density at radius 2 is 2.16 bits per heavy atom. The number of nitrogens with two attached hydrogens (primary N) is 1. The molecule has 0 bridgehead atoms. The van der Waals surface area contributed by atoms with Gasteiger partial charge in [0.25, 0.3) is 5.91 Å². The van der Waals surface area contributed by atoms with E-state index in [4.69, 9.17) is 10.5 Å². The first-order valence-corrected chi connectivity index (χ1v) is 6.49. The molecule has 5 heteroatoms. The normalized spacial score (nSPS) is 10.5. The van der Waals surface area contributed by atoms with E-state index in [1.807, 2.05) is 25.9 Å². The largest absolute Gasteiger partial charge is 0.491 e. The van der Waals surface area contributed by atoms with Crippen LogP contribution >= 0.6 is 0 Å². The van der Waals surface area contributed by atoms with Crippen molar-refractivity contribution in [3.8, 4) is 5.75 Å². The molecule has 0 saturated carbocycles. The summed E-state index contributed by atoms with van der Waals surface area (Å²) in [6, 6.07) is 5.12. The molecule has 1 aromatic carbocycles. The average Bonchev–Trinajstić information content (AvgIpc) is 2.36. The van der Waals surface area contributed by atoms with Gasteiger partial charge >= 0.3 is 0 Å². The first-order valence-electron chi connectivity index (χ1n) is 6.49. The van der Waals surface area contributed by atoms with Crippen LogP contribution in [0.2, 0.25) is 0 Å². The summed E-state index contributed by atoms with van der Waals surface area (Å²) in [4.78, 5) is 13.9. The van der Waals surface area contributed by atoms with E-state index in [1.54, 1.807) is 18.2 Å². The highest BCUT2D eigenvalue weighted by Crippen LogP contribution is 2.22. The second-order valence-electron chi connectivity index (χ2n) is 4.66. The number of nitrogens with zero attached hydrogens (tertiary/aromatic N) is 1. The van der Waals surface area contributed by atoms with Gasteiger partial charge in [-0.05, 0) is 38.7 Å². The molecule has 0 fully saturated rings. The highest BCUT2D eigenvalue weighted by atomic mass is 16.5. The van der Waals surface area contributed by atoms with Crippen molar-refractivity contribution in [2.45, 2.75) is 13.3 Å². The Kier molecular flexibility index (Phi) is 6.15. The van der Waals surface area contributed by atoms with Crippen LogP contribution in [0.5, 0.6) is 5.75 Å². The third kappa shape index (κ3) is 5.18. The highest BCUT2D eigenvalue weighted by Gasteiger charge is 2.08. The van der Waals surface area contributed by atoms with Gasteiger partial charge in [-0.2, -0.15) is 0 Å². The molecule has 0 aromatic heterocycles. The van der Waals surface area contributed by atoms with Crippen LogP contribution < -0.4 is 15.8 Å². The number of likely N-dealkylation sites (N-methyl/N-ethyl adjacent to an activating group) is 1. The topological polar surface area (TPSA) is 67.6 Å². The molecule has 5 nitrogen and oxygen atoms in total. The predicted octanol–water partition coefficient (Wildman–Crippen LogP) is 1.35. The number of amides is 1. The Morgan fingerprint density at radius 3 is 2.74 bits per heavy atom. The van der Waals surface area contributed by atoms with Crippen LogP contribution in [-0.2, 0) is 0 Å². The maximum atomic E-state index is 11.9. The number of anilines is 1. The molecule has 0 atom stereocenters. The van der Waals surface area contributed by atoms with Crippen LogP contribution in [0.1, 0.15) is 23.7 Å². The lowest BCUT2D eigenvalue weighted by Gasteiger charge is -2.12. The Morgan fingerprint density at radius 1 is 1.42 bits per heavy atom. The van der Waals surface area contributed by atoms with Crippen molar-refractivity contribution >= 4 is 11.6 Å². The third-order valence-electron chi connectivity index (χ3n) is 2.58. The van der Waals surface area contributed by atoms with E-state index in [-0.39, 0.29) is 5.91 Å². The highest BCUT2D eigenvalue weighted by molar-refractivity contribution is 5.95. The molecule has 0 saturated heterocycles. The monoisotopic (exact) mass is 265 g/mol. The molecule has 0 aliphatic rings. The zero-order valence-electron chi connectivity index (χ0n) is 11.9. The number of carbonyl (C=O) groups is 1. The molecule has 0 aliphatic carbocycles. The summed E-state index contributed by atoms with van der Waals surface area (Å²) in [5.41, 5.74) is 6.91. The number of nitrogen functional groups attached to an aromatic ring is 1. The predicted molar refractivity (Wildman–Crippen MR) is 77.5 cm³/mol. The van der Waals surface area contributed by atoms with Gasteiger partial charge in [0.05, 0.1) is 12.3 Å². The molecule has 0 heterocycles. The quantitative estimate of drug-likeness (QED) is 0.730.